The summed E-state index contributed by atoms with van der Waals surface area (Å²) in [5, 5.41) is 2.72. The van der Waals surface area contributed by atoms with Crippen LogP contribution in [0.1, 0.15) is 53.4 Å². The van der Waals surface area contributed by atoms with Crippen molar-refractivity contribution < 1.29 is 14.3 Å². The Labute approximate surface area is 121 Å². The van der Waals surface area contributed by atoms with Crippen molar-refractivity contribution in [2.75, 3.05) is 13.2 Å². The molecule has 0 aliphatic heterocycles. The normalized spacial score (nSPS) is 28.7. The molecule has 1 aliphatic carbocycles. The molecule has 0 aromatic rings. The van der Waals surface area contributed by atoms with Crippen LogP contribution in [0.3, 0.4) is 0 Å². The summed E-state index contributed by atoms with van der Waals surface area (Å²) in [5.41, 5.74) is 5.30. The Morgan fingerprint density at radius 1 is 1.30 bits per heavy atom. The summed E-state index contributed by atoms with van der Waals surface area (Å²) in [5.74, 6) is 0.179. The van der Waals surface area contributed by atoms with E-state index >= 15 is 0 Å². The van der Waals surface area contributed by atoms with Crippen LogP contribution < -0.4 is 11.1 Å². The first-order valence-electron chi connectivity index (χ1n) is 7.35. The molecule has 0 saturated heterocycles. The van der Waals surface area contributed by atoms with E-state index in [-0.39, 0.29) is 16.8 Å². The lowest BCUT2D eigenvalue weighted by Gasteiger charge is -2.46. The topological polar surface area (TPSA) is 81.4 Å². The van der Waals surface area contributed by atoms with Crippen LogP contribution in [0.2, 0.25) is 0 Å². The summed E-state index contributed by atoms with van der Waals surface area (Å²) in [6.45, 7) is 9.39. The molecule has 0 aromatic carbocycles. The Morgan fingerprint density at radius 2 is 1.95 bits per heavy atom. The van der Waals surface area contributed by atoms with Gasteiger partial charge in [-0.1, -0.05) is 20.8 Å². The van der Waals surface area contributed by atoms with Crippen molar-refractivity contribution in [2.24, 2.45) is 22.5 Å². The Kier molecular flexibility index (Phi) is 5.42. The number of amides is 2. The summed E-state index contributed by atoms with van der Waals surface area (Å²) in [4.78, 5) is 22.6. The second-order valence-corrected chi connectivity index (χ2v) is 7.15. The molecule has 0 aromatic heterocycles. The van der Waals surface area contributed by atoms with Gasteiger partial charge in [0.15, 0.2) is 0 Å². The maximum atomic E-state index is 11.7. The largest absolute Gasteiger partial charge is 0.466 e. The van der Waals surface area contributed by atoms with Crippen molar-refractivity contribution in [1.29, 1.82) is 0 Å². The van der Waals surface area contributed by atoms with Crippen molar-refractivity contribution in [2.45, 2.75) is 53.4 Å². The standard InChI is InChI=1S/C15H28N2O3/c1-5-20-12(18)6-11-7-14(2,3)9-15(4,8-11)10-17-13(16)19/h11H,5-10H2,1-4H3,(H3,16,17,19). The van der Waals surface area contributed by atoms with E-state index in [0.717, 1.165) is 19.3 Å². The van der Waals surface area contributed by atoms with Crippen molar-refractivity contribution in [3.05, 3.63) is 0 Å². The first kappa shape index (κ1) is 16.8. The van der Waals surface area contributed by atoms with Gasteiger partial charge < -0.3 is 15.8 Å². The molecule has 3 N–H and O–H groups in total. The van der Waals surface area contributed by atoms with Gasteiger partial charge in [0.1, 0.15) is 0 Å². The van der Waals surface area contributed by atoms with Gasteiger partial charge in [0.2, 0.25) is 0 Å². The van der Waals surface area contributed by atoms with Gasteiger partial charge in [-0.25, -0.2) is 4.79 Å². The summed E-state index contributed by atoms with van der Waals surface area (Å²) in [6.07, 6.45) is 3.40. The summed E-state index contributed by atoms with van der Waals surface area (Å²) in [6, 6.07) is -0.489. The molecule has 2 unspecified atom stereocenters. The van der Waals surface area contributed by atoms with Gasteiger partial charge in [0.25, 0.3) is 0 Å². The van der Waals surface area contributed by atoms with Crippen molar-refractivity contribution in [1.82, 2.24) is 5.32 Å². The van der Waals surface area contributed by atoms with Crippen molar-refractivity contribution >= 4 is 12.0 Å². The van der Waals surface area contributed by atoms with E-state index in [4.69, 9.17) is 10.5 Å². The van der Waals surface area contributed by atoms with Crippen LogP contribution in [0, 0.1) is 16.7 Å². The van der Waals surface area contributed by atoms with E-state index < -0.39 is 6.03 Å². The number of nitrogens with two attached hydrogens (primary N) is 1. The molecular weight excluding hydrogens is 256 g/mol. The fourth-order valence-corrected chi connectivity index (χ4v) is 3.89. The molecule has 5 heteroatoms. The first-order valence-corrected chi connectivity index (χ1v) is 7.35. The first-order chi connectivity index (χ1) is 9.16. The highest BCUT2D eigenvalue weighted by atomic mass is 16.5. The van der Waals surface area contributed by atoms with Crippen LogP contribution >= 0.6 is 0 Å². The molecule has 2 atom stereocenters. The number of hydrogen-bond acceptors (Lipinski definition) is 3. The predicted molar refractivity (Wildman–Crippen MR) is 78.1 cm³/mol. The van der Waals surface area contributed by atoms with Crippen molar-refractivity contribution in [3.63, 3.8) is 0 Å². The minimum absolute atomic E-state index is 0.0199. The maximum absolute atomic E-state index is 11.7. The van der Waals surface area contributed by atoms with Crippen LogP contribution in [0.5, 0.6) is 0 Å². The molecule has 1 aliphatic rings. The van der Waals surface area contributed by atoms with Gasteiger partial charge in [-0.3, -0.25) is 4.79 Å². The fraction of sp³-hybridized carbons (Fsp3) is 0.867. The van der Waals surface area contributed by atoms with Crippen LogP contribution in [-0.4, -0.2) is 25.2 Å². The quantitative estimate of drug-likeness (QED) is 0.761. The molecule has 1 saturated carbocycles. The Balaban J connectivity index is 2.68. The van der Waals surface area contributed by atoms with E-state index in [1.807, 2.05) is 6.92 Å². The third-order valence-electron chi connectivity index (χ3n) is 3.98. The van der Waals surface area contributed by atoms with Crippen LogP contribution in [-0.2, 0) is 9.53 Å². The SMILES string of the molecule is CCOC(=O)CC1CC(C)(C)CC(C)(CNC(N)=O)C1. The minimum atomic E-state index is -0.489. The van der Waals surface area contributed by atoms with Gasteiger partial charge in [0.05, 0.1) is 6.61 Å². The lowest BCUT2D eigenvalue weighted by atomic mass is 9.60. The minimum Gasteiger partial charge on any atom is -0.466 e. The number of nitrogens with one attached hydrogen (secondary N) is 1. The molecule has 0 spiro atoms. The second kappa shape index (κ2) is 6.46. The van der Waals surface area contributed by atoms with Gasteiger partial charge in [-0.15, -0.1) is 0 Å². The number of primary amides is 1. The molecule has 0 radical (unpaired) electrons. The summed E-state index contributed by atoms with van der Waals surface area (Å²) >= 11 is 0. The van der Waals surface area contributed by atoms with Gasteiger partial charge in [0, 0.05) is 13.0 Å². The molecule has 2 amide bonds. The summed E-state index contributed by atoms with van der Waals surface area (Å²) < 4.78 is 5.05. The molecule has 1 rings (SSSR count). The average Bonchev–Trinajstić information content (AvgIpc) is 2.23. The highest BCUT2D eigenvalue weighted by Crippen LogP contribution is 2.49. The Bertz CT molecular complexity index is 368. The number of ether oxygens (including phenoxy) is 1. The number of rotatable bonds is 5. The van der Waals surface area contributed by atoms with Crippen LogP contribution in [0.15, 0.2) is 0 Å². The number of esters is 1. The maximum Gasteiger partial charge on any atom is 0.312 e. The van der Waals surface area contributed by atoms with E-state index in [9.17, 15) is 9.59 Å². The zero-order valence-corrected chi connectivity index (χ0v) is 13.1. The van der Waals surface area contributed by atoms with Crippen LogP contribution in [0.25, 0.3) is 0 Å². The van der Waals surface area contributed by atoms with Crippen molar-refractivity contribution in [3.8, 4) is 0 Å². The van der Waals surface area contributed by atoms with Gasteiger partial charge >= 0.3 is 12.0 Å². The average molecular weight is 284 g/mol. The molecule has 116 valence electrons. The lowest BCUT2D eigenvalue weighted by Crippen LogP contribution is -2.45. The second-order valence-electron chi connectivity index (χ2n) is 7.15. The number of hydrogen-bond donors (Lipinski definition) is 2. The van der Waals surface area contributed by atoms with E-state index in [2.05, 4.69) is 26.1 Å². The molecule has 1 fully saturated rings. The lowest BCUT2D eigenvalue weighted by molar-refractivity contribution is -0.145. The van der Waals surface area contributed by atoms with Gasteiger partial charge in [-0.2, -0.15) is 0 Å². The third-order valence-corrected chi connectivity index (χ3v) is 3.98. The number of urea groups is 1. The highest BCUT2D eigenvalue weighted by molar-refractivity contribution is 5.71. The Morgan fingerprint density at radius 3 is 2.50 bits per heavy atom. The van der Waals surface area contributed by atoms with E-state index in [1.54, 1.807) is 0 Å². The number of carbonyl (C=O) groups is 2. The van der Waals surface area contributed by atoms with Crippen LogP contribution in [0.4, 0.5) is 4.79 Å². The molecule has 0 heterocycles. The zero-order valence-electron chi connectivity index (χ0n) is 13.1. The molecule has 5 nitrogen and oxygen atoms in total. The Hall–Kier alpha value is -1.26. The third kappa shape index (κ3) is 5.39. The fourth-order valence-electron chi connectivity index (χ4n) is 3.89. The highest BCUT2D eigenvalue weighted by Gasteiger charge is 2.41. The smallest absolute Gasteiger partial charge is 0.312 e. The number of carbonyl (C=O) groups excluding carboxylic acids is 2. The van der Waals surface area contributed by atoms with Gasteiger partial charge in [-0.05, 0) is 42.9 Å². The predicted octanol–water partition coefficient (Wildman–Crippen LogP) is 2.44. The summed E-state index contributed by atoms with van der Waals surface area (Å²) in [7, 11) is 0. The molecule has 0 bridgehead atoms. The molecular formula is C15H28N2O3. The zero-order chi connectivity index (χ0) is 15.4. The van der Waals surface area contributed by atoms with E-state index in [1.165, 1.54) is 0 Å². The van der Waals surface area contributed by atoms with E-state index in [0.29, 0.717) is 25.5 Å². The molecule has 20 heavy (non-hydrogen) atoms. The monoisotopic (exact) mass is 284 g/mol.